The van der Waals surface area contributed by atoms with Crippen LogP contribution >= 0.6 is 0 Å². The molecular formula is C9H15F3N2O3. The van der Waals surface area contributed by atoms with Gasteiger partial charge in [0.25, 0.3) is 0 Å². The van der Waals surface area contributed by atoms with Crippen molar-refractivity contribution < 1.29 is 27.9 Å². The van der Waals surface area contributed by atoms with Gasteiger partial charge < -0.3 is 15.3 Å². The quantitative estimate of drug-likeness (QED) is 0.799. The molecule has 0 bridgehead atoms. The van der Waals surface area contributed by atoms with Crippen molar-refractivity contribution in [1.82, 2.24) is 10.2 Å². The highest BCUT2D eigenvalue weighted by molar-refractivity contribution is 5.76. The molecule has 0 aromatic rings. The third kappa shape index (κ3) is 7.42. The van der Waals surface area contributed by atoms with E-state index < -0.39 is 30.3 Å². The molecule has 0 saturated carbocycles. The van der Waals surface area contributed by atoms with E-state index in [9.17, 15) is 22.8 Å². The normalized spacial score (nSPS) is 12.1. The molecule has 0 spiro atoms. The van der Waals surface area contributed by atoms with Gasteiger partial charge in [-0.3, -0.25) is 4.79 Å². The van der Waals surface area contributed by atoms with Gasteiger partial charge in [-0.05, 0) is 13.8 Å². The summed E-state index contributed by atoms with van der Waals surface area (Å²) < 4.78 is 36.0. The summed E-state index contributed by atoms with van der Waals surface area (Å²) in [6.45, 7) is 1.45. The Labute approximate surface area is 96.6 Å². The van der Waals surface area contributed by atoms with Crippen molar-refractivity contribution in [2.75, 3.05) is 13.6 Å². The minimum atomic E-state index is -4.48. The first-order chi connectivity index (χ1) is 7.43. The highest BCUT2D eigenvalue weighted by atomic mass is 19.4. The van der Waals surface area contributed by atoms with Gasteiger partial charge in [-0.15, -0.1) is 0 Å². The topological polar surface area (TPSA) is 69.6 Å². The van der Waals surface area contributed by atoms with Crippen molar-refractivity contribution in [3.8, 4) is 0 Å². The Morgan fingerprint density at radius 2 is 1.76 bits per heavy atom. The first kappa shape index (κ1) is 15.5. The number of nitrogens with one attached hydrogen (secondary N) is 1. The molecule has 5 nitrogen and oxygen atoms in total. The molecule has 0 aliphatic carbocycles. The third-order valence-corrected chi connectivity index (χ3v) is 1.80. The fourth-order valence-electron chi connectivity index (χ4n) is 1.15. The zero-order valence-electron chi connectivity index (χ0n) is 9.76. The van der Waals surface area contributed by atoms with Crippen molar-refractivity contribution in [1.29, 1.82) is 0 Å². The zero-order valence-corrected chi connectivity index (χ0v) is 9.76. The van der Waals surface area contributed by atoms with Gasteiger partial charge in [0.1, 0.15) is 6.54 Å². The summed E-state index contributed by atoms with van der Waals surface area (Å²) in [7, 11) is 0.986. The smallest absolute Gasteiger partial charge is 0.406 e. The minimum Gasteiger partial charge on any atom is -0.481 e. The lowest BCUT2D eigenvalue weighted by Crippen LogP contribution is -2.51. The van der Waals surface area contributed by atoms with Crippen LogP contribution in [0.1, 0.15) is 20.3 Å². The number of alkyl halides is 3. The van der Waals surface area contributed by atoms with Crippen LogP contribution in [0.5, 0.6) is 0 Å². The summed E-state index contributed by atoms with van der Waals surface area (Å²) in [6.07, 6.45) is -4.86. The van der Waals surface area contributed by atoms with Gasteiger partial charge in [0.05, 0.1) is 6.42 Å². The molecule has 0 atom stereocenters. The van der Waals surface area contributed by atoms with Crippen molar-refractivity contribution in [3.05, 3.63) is 0 Å². The minimum absolute atomic E-state index is 0.376. The number of halogens is 3. The van der Waals surface area contributed by atoms with Crippen molar-refractivity contribution >= 4 is 12.0 Å². The molecule has 0 aromatic carbocycles. The lowest BCUT2D eigenvalue weighted by atomic mass is 10.0. The maximum atomic E-state index is 12.0. The first-order valence-corrected chi connectivity index (χ1v) is 4.75. The molecule has 0 aliphatic rings. The van der Waals surface area contributed by atoms with Crippen LogP contribution in [-0.4, -0.2) is 47.3 Å². The monoisotopic (exact) mass is 256 g/mol. The van der Waals surface area contributed by atoms with E-state index in [1.807, 2.05) is 0 Å². The zero-order chi connectivity index (χ0) is 13.9. The Morgan fingerprint density at radius 3 is 2.12 bits per heavy atom. The average Bonchev–Trinajstić information content (AvgIpc) is 1.96. The molecule has 17 heavy (non-hydrogen) atoms. The summed E-state index contributed by atoms with van der Waals surface area (Å²) in [5, 5.41) is 10.8. The van der Waals surface area contributed by atoms with E-state index >= 15 is 0 Å². The van der Waals surface area contributed by atoms with E-state index in [2.05, 4.69) is 5.32 Å². The molecule has 0 rings (SSSR count). The molecule has 2 N–H and O–H groups in total. The highest BCUT2D eigenvalue weighted by Gasteiger charge is 2.33. The van der Waals surface area contributed by atoms with Crippen LogP contribution in [0.2, 0.25) is 0 Å². The fourth-order valence-corrected chi connectivity index (χ4v) is 1.15. The number of urea groups is 1. The summed E-state index contributed by atoms with van der Waals surface area (Å²) in [5.41, 5.74) is -1.11. The number of nitrogens with zero attached hydrogens (tertiary/aromatic N) is 1. The number of carbonyl (C=O) groups excluding carboxylic acids is 1. The second-order valence-electron chi connectivity index (χ2n) is 4.36. The molecular weight excluding hydrogens is 241 g/mol. The molecule has 0 saturated heterocycles. The van der Waals surface area contributed by atoms with Crippen LogP contribution < -0.4 is 5.32 Å². The van der Waals surface area contributed by atoms with Crippen molar-refractivity contribution in [2.45, 2.75) is 32.0 Å². The number of carboxylic acid groups (broad SMARTS) is 1. The van der Waals surface area contributed by atoms with E-state index in [1.165, 1.54) is 13.8 Å². The predicted octanol–water partition coefficient (Wildman–Crippen LogP) is 1.44. The number of aliphatic carboxylic acids is 1. The number of rotatable bonds is 4. The number of amides is 2. The number of carbonyl (C=O) groups is 2. The van der Waals surface area contributed by atoms with Crippen LogP contribution in [0.25, 0.3) is 0 Å². The summed E-state index contributed by atoms with van der Waals surface area (Å²) in [4.78, 5) is 22.2. The Kier molecular flexibility index (Phi) is 4.79. The number of hydrogen-bond acceptors (Lipinski definition) is 2. The van der Waals surface area contributed by atoms with E-state index in [1.54, 1.807) is 0 Å². The SMILES string of the molecule is CN(CC(F)(F)F)C(=O)NC(C)(C)CC(=O)O. The second kappa shape index (κ2) is 5.24. The van der Waals surface area contributed by atoms with Gasteiger partial charge in [0.2, 0.25) is 0 Å². The maximum absolute atomic E-state index is 12.0. The van der Waals surface area contributed by atoms with Gasteiger partial charge in [-0.1, -0.05) is 0 Å². The molecule has 0 radical (unpaired) electrons. The van der Waals surface area contributed by atoms with E-state index in [0.29, 0.717) is 4.90 Å². The highest BCUT2D eigenvalue weighted by Crippen LogP contribution is 2.16. The van der Waals surface area contributed by atoms with Gasteiger partial charge >= 0.3 is 18.2 Å². The average molecular weight is 256 g/mol. The second-order valence-corrected chi connectivity index (χ2v) is 4.36. The van der Waals surface area contributed by atoms with Crippen LogP contribution in [0, 0.1) is 0 Å². The number of carboxylic acids is 1. The molecule has 0 unspecified atom stereocenters. The fraction of sp³-hybridized carbons (Fsp3) is 0.778. The molecule has 2 amide bonds. The molecule has 8 heteroatoms. The van der Waals surface area contributed by atoms with Crippen molar-refractivity contribution in [3.63, 3.8) is 0 Å². The molecule has 0 fully saturated rings. The van der Waals surface area contributed by atoms with Crippen molar-refractivity contribution in [2.24, 2.45) is 0 Å². The largest absolute Gasteiger partial charge is 0.481 e. The van der Waals surface area contributed by atoms with Gasteiger partial charge in [-0.2, -0.15) is 13.2 Å². The van der Waals surface area contributed by atoms with Gasteiger partial charge in [0.15, 0.2) is 0 Å². The Bertz CT molecular complexity index is 302. The lowest BCUT2D eigenvalue weighted by Gasteiger charge is -2.28. The Morgan fingerprint density at radius 1 is 1.29 bits per heavy atom. The Balaban J connectivity index is 4.39. The predicted molar refractivity (Wildman–Crippen MR) is 53.5 cm³/mol. The summed E-state index contributed by atoms with van der Waals surface area (Å²) >= 11 is 0. The third-order valence-electron chi connectivity index (χ3n) is 1.80. The molecule has 0 aliphatic heterocycles. The van der Waals surface area contributed by atoms with Crippen LogP contribution in [-0.2, 0) is 4.79 Å². The van der Waals surface area contributed by atoms with Crippen LogP contribution in [0.4, 0.5) is 18.0 Å². The number of hydrogen-bond donors (Lipinski definition) is 2. The van der Waals surface area contributed by atoms with E-state index in [0.717, 1.165) is 7.05 Å². The van der Waals surface area contributed by atoms with Crippen LogP contribution in [0.15, 0.2) is 0 Å². The molecule has 100 valence electrons. The van der Waals surface area contributed by atoms with Gasteiger partial charge in [-0.25, -0.2) is 4.79 Å². The van der Waals surface area contributed by atoms with Gasteiger partial charge in [0, 0.05) is 12.6 Å². The first-order valence-electron chi connectivity index (χ1n) is 4.75. The standard InChI is InChI=1S/C9H15F3N2O3/c1-8(2,4-6(15)16)13-7(17)14(3)5-9(10,11)12/h4-5H2,1-3H3,(H,13,17)(H,15,16). The maximum Gasteiger partial charge on any atom is 0.406 e. The van der Waals surface area contributed by atoms with Crippen LogP contribution in [0.3, 0.4) is 0 Å². The van der Waals surface area contributed by atoms with E-state index in [-0.39, 0.29) is 6.42 Å². The summed E-state index contributed by atoms with van der Waals surface area (Å²) in [6, 6.07) is -0.964. The molecule has 0 aromatic heterocycles. The molecule has 0 heterocycles. The Hall–Kier alpha value is -1.47. The lowest BCUT2D eigenvalue weighted by molar-refractivity contribution is -0.140. The van der Waals surface area contributed by atoms with E-state index in [4.69, 9.17) is 5.11 Å². The summed E-state index contributed by atoms with van der Waals surface area (Å²) in [5.74, 6) is -1.14.